The number of carbonyl (C=O) groups is 1. The second-order valence-corrected chi connectivity index (χ2v) is 5.67. The molecule has 1 fully saturated rings. The van der Waals surface area contributed by atoms with E-state index in [2.05, 4.69) is 21.2 Å². The molecule has 3 nitrogen and oxygen atoms in total. The number of cyclic esters (lactones) is 1. The lowest BCUT2D eigenvalue weighted by Gasteiger charge is -2.38. The third kappa shape index (κ3) is 2.44. The van der Waals surface area contributed by atoms with Crippen LogP contribution in [0.5, 0.6) is 0 Å². The molecule has 1 saturated heterocycles. The van der Waals surface area contributed by atoms with Gasteiger partial charge in [-0.2, -0.15) is 0 Å². The Bertz CT molecular complexity index is 462. The number of amides is 1. The van der Waals surface area contributed by atoms with Gasteiger partial charge < -0.3 is 10.1 Å². The molecule has 0 spiro atoms. The van der Waals surface area contributed by atoms with Crippen LogP contribution in [0.3, 0.4) is 0 Å². The molecule has 0 aromatic heterocycles. The maximum atomic E-state index is 13.2. The lowest BCUT2D eigenvalue weighted by Crippen LogP contribution is -2.46. The van der Waals surface area contributed by atoms with Gasteiger partial charge in [-0.05, 0) is 33.6 Å². The fourth-order valence-electron chi connectivity index (χ4n) is 1.92. The fourth-order valence-corrected chi connectivity index (χ4v) is 2.31. The number of halogens is 2. The average molecular weight is 302 g/mol. The summed E-state index contributed by atoms with van der Waals surface area (Å²) in [5, 5.41) is 2.77. The van der Waals surface area contributed by atoms with Crippen molar-refractivity contribution < 1.29 is 13.9 Å². The summed E-state index contributed by atoms with van der Waals surface area (Å²) in [5.41, 5.74) is 0.630. The van der Waals surface area contributed by atoms with Crippen LogP contribution in [0, 0.1) is 11.2 Å². The second kappa shape index (κ2) is 4.29. The highest BCUT2D eigenvalue weighted by Gasteiger charge is 2.37. The minimum absolute atomic E-state index is 0.180. The van der Waals surface area contributed by atoms with Gasteiger partial charge in [-0.25, -0.2) is 9.18 Å². The maximum absolute atomic E-state index is 13.2. The number of benzene rings is 1. The Morgan fingerprint density at radius 3 is 2.88 bits per heavy atom. The highest BCUT2D eigenvalue weighted by atomic mass is 79.9. The van der Waals surface area contributed by atoms with Crippen LogP contribution in [0.25, 0.3) is 0 Å². The predicted molar refractivity (Wildman–Crippen MR) is 65.1 cm³/mol. The molecule has 5 heteroatoms. The first-order valence-corrected chi connectivity index (χ1v) is 6.08. The van der Waals surface area contributed by atoms with E-state index in [1.807, 2.05) is 13.8 Å². The lowest BCUT2D eigenvalue weighted by molar-refractivity contribution is 0.0387. The summed E-state index contributed by atoms with van der Waals surface area (Å²) in [5.74, 6) is -0.315. The molecule has 0 saturated carbocycles. The van der Waals surface area contributed by atoms with Crippen molar-refractivity contribution in [2.75, 3.05) is 6.61 Å². The summed E-state index contributed by atoms with van der Waals surface area (Å²) in [6.07, 6.45) is -0.435. The van der Waals surface area contributed by atoms with Crippen molar-refractivity contribution in [1.82, 2.24) is 5.32 Å². The molecule has 0 radical (unpaired) electrons. The molecule has 1 aliphatic heterocycles. The van der Waals surface area contributed by atoms with E-state index in [0.29, 0.717) is 11.1 Å². The van der Waals surface area contributed by atoms with E-state index in [0.717, 1.165) is 5.56 Å². The van der Waals surface area contributed by atoms with Crippen LogP contribution < -0.4 is 5.32 Å². The maximum Gasteiger partial charge on any atom is 0.407 e. The van der Waals surface area contributed by atoms with Crippen LogP contribution >= 0.6 is 15.9 Å². The van der Waals surface area contributed by atoms with E-state index < -0.39 is 6.09 Å². The number of nitrogens with one attached hydrogen (secondary N) is 1. The van der Waals surface area contributed by atoms with E-state index in [4.69, 9.17) is 4.74 Å². The van der Waals surface area contributed by atoms with Gasteiger partial charge in [0.15, 0.2) is 0 Å². The minimum Gasteiger partial charge on any atom is -0.449 e. The highest BCUT2D eigenvalue weighted by Crippen LogP contribution is 2.37. The number of alkyl carbamates (subject to hydrolysis) is 1. The smallest absolute Gasteiger partial charge is 0.407 e. The molecule has 0 unspecified atom stereocenters. The van der Waals surface area contributed by atoms with Crippen molar-refractivity contribution in [3.8, 4) is 0 Å². The summed E-state index contributed by atoms with van der Waals surface area (Å²) in [7, 11) is 0. The van der Waals surface area contributed by atoms with E-state index in [-0.39, 0.29) is 17.3 Å². The van der Waals surface area contributed by atoms with Crippen molar-refractivity contribution >= 4 is 22.0 Å². The quantitative estimate of drug-likeness (QED) is 0.863. The third-order valence-electron chi connectivity index (χ3n) is 2.90. The zero-order chi connectivity index (χ0) is 12.6. The summed E-state index contributed by atoms with van der Waals surface area (Å²) >= 11 is 3.15. The number of hydrogen-bond acceptors (Lipinski definition) is 2. The molecule has 0 bridgehead atoms. The van der Waals surface area contributed by atoms with Crippen LogP contribution in [0.2, 0.25) is 0 Å². The van der Waals surface area contributed by atoms with Crippen LogP contribution in [-0.2, 0) is 4.74 Å². The Morgan fingerprint density at radius 1 is 1.53 bits per heavy atom. The SMILES string of the molecule is CC1(C)COC(=O)N[C@@H]1c1ccc(F)c(Br)c1. The average Bonchev–Trinajstić information content (AvgIpc) is 2.26. The molecule has 92 valence electrons. The monoisotopic (exact) mass is 301 g/mol. The van der Waals surface area contributed by atoms with Crippen molar-refractivity contribution in [2.24, 2.45) is 5.41 Å². The van der Waals surface area contributed by atoms with E-state index >= 15 is 0 Å². The van der Waals surface area contributed by atoms with Gasteiger partial charge in [0.25, 0.3) is 0 Å². The lowest BCUT2D eigenvalue weighted by atomic mass is 9.80. The van der Waals surface area contributed by atoms with E-state index in [9.17, 15) is 9.18 Å². The first-order valence-electron chi connectivity index (χ1n) is 5.28. The number of ether oxygens (including phenoxy) is 1. The summed E-state index contributed by atoms with van der Waals surface area (Å²) in [4.78, 5) is 11.3. The van der Waals surface area contributed by atoms with Gasteiger partial charge in [0, 0.05) is 5.41 Å². The molecule has 1 heterocycles. The molecular weight excluding hydrogens is 289 g/mol. The normalized spacial score (nSPS) is 22.8. The largest absolute Gasteiger partial charge is 0.449 e. The predicted octanol–water partition coefficient (Wildman–Crippen LogP) is 3.40. The molecule has 0 aliphatic carbocycles. The summed E-state index contributed by atoms with van der Waals surface area (Å²) in [6.45, 7) is 4.33. The molecule has 2 rings (SSSR count). The van der Waals surface area contributed by atoms with Crippen LogP contribution in [0.15, 0.2) is 22.7 Å². The molecule has 1 aliphatic rings. The fraction of sp³-hybridized carbons (Fsp3) is 0.417. The van der Waals surface area contributed by atoms with Crippen LogP contribution in [-0.4, -0.2) is 12.7 Å². The minimum atomic E-state index is -0.435. The molecule has 1 amide bonds. The van der Waals surface area contributed by atoms with Gasteiger partial charge in [-0.15, -0.1) is 0 Å². The number of hydrogen-bond donors (Lipinski definition) is 1. The Morgan fingerprint density at radius 2 is 2.24 bits per heavy atom. The highest BCUT2D eigenvalue weighted by molar-refractivity contribution is 9.10. The van der Waals surface area contributed by atoms with Gasteiger partial charge in [-0.1, -0.05) is 19.9 Å². The standard InChI is InChI=1S/C12H13BrFNO2/c1-12(2)6-17-11(16)15-10(12)7-3-4-9(14)8(13)5-7/h3-5,10H,6H2,1-2H3,(H,15,16)/t10-/m1/s1. The Hall–Kier alpha value is -1.10. The Kier molecular flexibility index (Phi) is 3.12. The molecule has 1 aromatic rings. The van der Waals surface area contributed by atoms with Crippen molar-refractivity contribution in [3.05, 3.63) is 34.1 Å². The first kappa shape index (κ1) is 12.4. The van der Waals surface area contributed by atoms with Gasteiger partial charge in [0.1, 0.15) is 12.4 Å². The van der Waals surface area contributed by atoms with E-state index in [1.54, 1.807) is 12.1 Å². The van der Waals surface area contributed by atoms with E-state index in [1.165, 1.54) is 6.07 Å². The number of carbonyl (C=O) groups excluding carboxylic acids is 1. The van der Waals surface area contributed by atoms with Crippen molar-refractivity contribution in [3.63, 3.8) is 0 Å². The first-order chi connectivity index (χ1) is 7.90. The number of rotatable bonds is 1. The molecule has 1 N–H and O–H groups in total. The summed E-state index contributed by atoms with van der Waals surface area (Å²) < 4.78 is 18.5. The van der Waals surface area contributed by atoms with Crippen LogP contribution in [0.4, 0.5) is 9.18 Å². The third-order valence-corrected chi connectivity index (χ3v) is 3.50. The zero-order valence-corrected chi connectivity index (χ0v) is 11.2. The second-order valence-electron chi connectivity index (χ2n) is 4.82. The van der Waals surface area contributed by atoms with Gasteiger partial charge in [0.05, 0.1) is 10.5 Å². The molecular formula is C12H13BrFNO2. The van der Waals surface area contributed by atoms with Gasteiger partial charge in [0.2, 0.25) is 0 Å². The Labute approximate surface area is 107 Å². The summed E-state index contributed by atoms with van der Waals surface area (Å²) in [6, 6.07) is 4.57. The molecule has 1 atom stereocenters. The topological polar surface area (TPSA) is 38.3 Å². The zero-order valence-electron chi connectivity index (χ0n) is 9.59. The van der Waals surface area contributed by atoms with Crippen LogP contribution in [0.1, 0.15) is 25.5 Å². The Balaban J connectivity index is 2.36. The van der Waals surface area contributed by atoms with Crippen molar-refractivity contribution in [1.29, 1.82) is 0 Å². The molecule has 17 heavy (non-hydrogen) atoms. The van der Waals surface area contributed by atoms with Crippen molar-refractivity contribution in [2.45, 2.75) is 19.9 Å². The van der Waals surface area contributed by atoms with Gasteiger partial charge in [-0.3, -0.25) is 0 Å². The van der Waals surface area contributed by atoms with Gasteiger partial charge >= 0.3 is 6.09 Å². The molecule has 1 aromatic carbocycles.